The monoisotopic (exact) mass is 302 g/mol. The van der Waals surface area contributed by atoms with E-state index >= 15 is 0 Å². The van der Waals surface area contributed by atoms with Crippen molar-refractivity contribution in [2.75, 3.05) is 26.7 Å². The maximum Gasteiger partial charge on any atom is 0.0701 e. The third-order valence-electron chi connectivity index (χ3n) is 3.23. The second-order valence-electron chi connectivity index (χ2n) is 4.44. The van der Waals surface area contributed by atoms with E-state index in [-0.39, 0.29) is 0 Å². The van der Waals surface area contributed by atoms with E-state index in [2.05, 4.69) is 45.3 Å². The summed E-state index contributed by atoms with van der Waals surface area (Å²) in [5.41, 5.74) is 0. The van der Waals surface area contributed by atoms with Gasteiger partial charge in [0.25, 0.3) is 0 Å². The van der Waals surface area contributed by atoms with Crippen molar-refractivity contribution in [2.45, 2.75) is 25.3 Å². The minimum atomic E-state index is 0.733. The second-order valence-corrected chi connectivity index (χ2v) is 6.98. The summed E-state index contributed by atoms with van der Waals surface area (Å²) in [6, 6.07) is 5.10. The number of piperidine rings is 1. The topological polar surface area (TPSA) is 15.3 Å². The van der Waals surface area contributed by atoms with Gasteiger partial charge in [0.15, 0.2) is 0 Å². The summed E-state index contributed by atoms with van der Waals surface area (Å²) < 4.78 is 1.24. The van der Waals surface area contributed by atoms with Crippen molar-refractivity contribution in [3.8, 4) is 0 Å². The molecule has 90 valence electrons. The average Bonchev–Trinajstić information content (AvgIpc) is 2.73. The molecule has 2 nitrogen and oxygen atoms in total. The minimum Gasteiger partial charge on any atom is -0.315 e. The molecule has 1 aromatic heterocycles. The highest BCUT2D eigenvalue weighted by atomic mass is 79.9. The van der Waals surface area contributed by atoms with Gasteiger partial charge in [0.2, 0.25) is 0 Å². The first kappa shape index (κ1) is 12.6. The van der Waals surface area contributed by atoms with Crippen molar-refractivity contribution in [3.63, 3.8) is 0 Å². The summed E-state index contributed by atoms with van der Waals surface area (Å²) >= 11 is 5.36. The molecule has 2 heterocycles. The molecule has 4 heteroatoms. The van der Waals surface area contributed by atoms with Gasteiger partial charge in [0.05, 0.1) is 3.79 Å². The Morgan fingerprint density at radius 1 is 1.56 bits per heavy atom. The quantitative estimate of drug-likeness (QED) is 0.920. The molecular weight excluding hydrogens is 284 g/mol. The largest absolute Gasteiger partial charge is 0.315 e. The molecule has 0 aromatic carbocycles. The van der Waals surface area contributed by atoms with Crippen molar-refractivity contribution in [1.29, 1.82) is 0 Å². The van der Waals surface area contributed by atoms with E-state index in [1.807, 2.05) is 11.3 Å². The van der Waals surface area contributed by atoms with Crippen LogP contribution in [0.3, 0.4) is 0 Å². The van der Waals surface area contributed by atoms with Gasteiger partial charge in [0, 0.05) is 24.0 Å². The summed E-state index contributed by atoms with van der Waals surface area (Å²) in [5, 5.41) is 3.47. The van der Waals surface area contributed by atoms with E-state index in [0.29, 0.717) is 0 Å². The molecule has 1 fully saturated rings. The Labute approximate surface area is 110 Å². The molecule has 0 spiro atoms. The average molecular weight is 303 g/mol. The number of nitrogens with one attached hydrogen (secondary N) is 1. The molecule has 1 unspecified atom stereocenters. The third kappa shape index (κ3) is 3.55. The SMILES string of the molecule is CN(CCc1ccc(Br)s1)C1CCCNC1. The zero-order valence-corrected chi connectivity index (χ0v) is 12.1. The molecule has 16 heavy (non-hydrogen) atoms. The van der Waals surface area contributed by atoms with Gasteiger partial charge in [-0.15, -0.1) is 11.3 Å². The Morgan fingerprint density at radius 3 is 3.06 bits per heavy atom. The molecule has 0 amide bonds. The fourth-order valence-corrected chi connectivity index (χ4v) is 3.64. The predicted molar refractivity (Wildman–Crippen MR) is 74.2 cm³/mol. The Balaban J connectivity index is 1.76. The van der Waals surface area contributed by atoms with E-state index in [4.69, 9.17) is 0 Å². The summed E-state index contributed by atoms with van der Waals surface area (Å²) in [7, 11) is 2.25. The van der Waals surface area contributed by atoms with Crippen molar-refractivity contribution in [1.82, 2.24) is 10.2 Å². The number of thiophene rings is 1. The summed E-state index contributed by atoms with van der Waals surface area (Å²) in [4.78, 5) is 3.97. The van der Waals surface area contributed by atoms with Gasteiger partial charge in [0.1, 0.15) is 0 Å². The Morgan fingerprint density at radius 2 is 2.44 bits per heavy atom. The van der Waals surface area contributed by atoms with E-state index in [9.17, 15) is 0 Å². The Bertz CT molecular complexity index is 321. The number of hydrogen-bond donors (Lipinski definition) is 1. The lowest BCUT2D eigenvalue weighted by atomic mass is 10.1. The highest BCUT2D eigenvalue weighted by Gasteiger charge is 2.17. The molecule has 0 bridgehead atoms. The zero-order valence-electron chi connectivity index (χ0n) is 9.71. The van der Waals surface area contributed by atoms with Crippen LogP contribution in [0.2, 0.25) is 0 Å². The molecule has 0 saturated carbocycles. The van der Waals surface area contributed by atoms with Gasteiger partial charge in [-0.05, 0) is 60.9 Å². The van der Waals surface area contributed by atoms with Crippen LogP contribution in [-0.4, -0.2) is 37.6 Å². The maximum atomic E-state index is 3.51. The first-order valence-electron chi connectivity index (χ1n) is 5.91. The first-order valence-corrected chi connectivity index (χ1v) is 7.52. The highest BCUT2D eigenvalue weighted by Crippen LogP contribution is 2.22. The lowest BCUT2D eigenvalue weighted by Crippen LogP contribution is -2.44. The van der Waals surface area contributed by atoms with Crippen molar-refractivity contribution < 1.29 is 0 Å². The fourth-order valence-electron chi connectivity index (χ4n) is 2.16. The molecule has 1 aliphatic heterocycles. The summed E-state index contributed by atoms with van der Waals surface area (Å²) in [6.07, 6.45) is 3.83. The van der Waals surface area contributed by atoms with Gasteiger partial charge < -0.3 is 10.2 Å². The minimum absolute atomic E-state index is 0.733. The molecule has 0 aliphatic carbocycles. The number of hydrogen-bond acceptors (Lipinski definition) is 3. The van der Waals surface area contributed by atoms with Crippen LogP contribution in [0.5, 0.6) is 0 Å². The van der Waals surface area contributed by atoms with Crippen LogP contribution in [0.4, 0.5) is 0 Å². The van der Waals surface area contributed by atoms with Crippen LogP contribution in [0.15, 0.2) is 15.9 Å². The predicted octanol–water partition coefficient (Wildman–Crippen LogP) is 2.74. The molecule has 1 saturated heterocycles. The van der Waals surface area contributed by atoms with Gasteiger partial charge in [-0.1, -0.05) is 0 Å². The molecule has 1 aliphatic rings. The van der Waals surface area contributed by atoms with E-state index < -0.39 is 0 Å². The maximum absolute atomic E-state index is 3.51. The van der Waals surface area contributed by atoms with Crippen LogP contribution in [-0.2, 0) is 6.42 Å². The van der Waals surface area contributed by atoms with E-state index in [0.717, 1.165) is 12.6 Å². The van der Waals surface area contributed by atoms with Gasteiger partial charge >= 0.3 is 0 Å². The van der Waals surface area contributed by atoms with Crippen LogP contribution >= 0.6 is 27.3 Å². The fraction of sp³-hybridized carbons (Fsp3) is 0.667. The lowest BCUT2D eigenvalue weighted by Gasteiger charge is -2.31. The van der Waals surface area contributed by atoms with Gasteiger partial charge in [-0.2, -0.15) is 0 Å². The van der Waals surface area contributed by atoms with Crippen molar-refractivity contribution >= 4 is 27.3 Å². The highest BCUT2D eigenvalue weighted by molar-refractivity contribution is 9.11. The number of nitrogens with zero attached hydrogens (tertiary/aromatic N) is 1. The van der Waals surface area contributed by atoms with Crippen LogP contribution in [0.1, 0.15) is 17.7 Å². The molecule has 1 N–H and O–H groups in total. The van der Waals surface area contributed by atoms with E-state index in [1.165, 1.54) is 41.0 Å². The first-order chi connectivity index (χ1) is 7.75. The number of halogens is 1. The van der Waals surface area contributed by atoms with Crippen molar-refractivity contribution in [3.05, 3.63) is 20.8 Å². The van der Waals surface area contributed by atoms with Crippen molar-refractivity contribution in [2.24, 2.45) is 0 Å². The number of rotatable bonds is 4. The smallest absolute Gasteiger partial charge is 0.0701 e. The van der Waals surface area contributed by atoms with Crippen LogP contribution in [0, 0.1) is 0 Å². The molecular formula is C12H19BrN2S. The molecule has 2 rings (SSSR count). The normalized spacial score (nSPS) is 21.6. The molecule has 1 atom stereocenters. The third-order valence-corrected chi connectivity index (χ3v) is 4.92. The standard InChI is InChI=1S/C12H19BrN2S/c1-15(10-3-2-7-14-9-10)8-6-11-4-5-12(13)16-11/h4-5,10,14H,2-3,6-9H2,1H3. The second kappa shape index (κ2) is 6.15. The number of likely N-dealkylation sites (N-methyl/N-ethyl adjacent to an activating group) is 1. The molecule has 0 radical (unpaired) electrons. The van der Waals surface area contributed by atoms with Crippen LogP contribution in [0.25, 0.3) is 0 Å². The Kier molecular flexibility index (Phi) is 4.82. The summed E-state index contributed by atoms with van der Waals surface area (Å²) in [6.45, 7) is 3.52. The summed E-state index contributed by atoms with van der Waals surface area (Å²) in [5.74, 6) is 0. The zero-order chi connectivity index (χ0) is 11.4. The van der Waals surface area contributed by atoms with Crippen LogP contribution < -0.4 is 5.32 Å². The van der Waals surface area contributed by atoms with E-state index in [1.54, 1.807) is 0 Å². The van der Waals surface area contributed by atoms with Gasteiger partial charge in [-0.25, -0.2) is 0 Å². The molecule has 1 aromatic rings. The Hall–Kier alpha value is 0.1000. The lowest BCUT2D eigenvalue weighted by molar-refractivity contribution is 0.205. The van der Waals surface area contributed by atoms with Gasteiger partial charge in [-0.3, -0.25) is 0 Å².